The van der Waals surface area contributed by atoms with Crippen LogP contribution in [-0.4, -0.2) is 32.3 Å². The fraction of sp³-hybridized carbons (Fsp3) is 0.533. The number of esters is 1. The van der Waals surface area contributed by atoms with Gasteiger partial charge in [0.15, 0.2) is 0 Å². The second-order valence-electron chi connectivity index (χ2n) is 4.39. The van der Waals surface area contributed by atoms with E-state index in [-0.39, 0.29) is 18.6 Å². The van der Waals surface area contributed by atoms with Gasteiger partial charge in [-0.2, -0.15) is 0 Å². The van der Waals surface area contributed by atoms with Gasteiger partial charge in [0, 0.05) is 12.6 Å². The number of benzene rings is 1. The van der Waals surface area contributed by atoms with E-state index in [0.717, 1.165) is 0 Å². The van der Waals surface area contributed by atoms with Crippen molar-refractivity contribution in [1.29, 1.82) is 0 Å². The van der Waals surface area contributed by atoms with Crippen molar-refractivity contribution in [3.63, 3.8) is 0 Å². The zero-order valence-corrected chi connectivity index (χ0v) is 11.9. The van der Waals surface area contributed by atoms with Gasteiger partial charge < -0.3 is 14.8 Å². The number of rotatable bonds is 8. The largest absolute Gasteiger partial charge is 0.464 e. The van der Waals surface area contributed by atoms with Crippen molar-refractivity contribution in [2.75, 3.05) is 26.4 Å². The molecule has 0 heterocycles. The lowest BCUT2D eigenvalue weighted by Gasteiger charge is -2.16. The fourth-order valence-corrected chi connectivity index (χ4v) is 1.89. The quantitative estimate of drug-likeness (QED) is 0.578. The van der Waals surface area contributed by atoms with E-state index < -0.39 is 0 Å². The first-order valence-electron chi connectivity index (χ1n) is 6.67. The Morgan fingerprint density at radius 2 is 2.11 bits per heavy atom. The number of hydrogen-bond donors (Lipinski definition) is 1. The zero-order chi connectivity index (χ0) is 14.1. The molecule has 0 radical (unpaired) electrons. The summed E-state index contributed by atoms with van der Waals surface area (Å²) in [5.74, 6) is -0.311. The Hall–Kier alpha value is -1.39. The van der Waals surface area contributed by atoms with Crippen LogP contribution in [0, 0.1) is 6.92 Å². The summed E-state index contributed by atoms with van der Waals surface area (Å²) in [4.78, 5) is 11.0. The lowest BCUT2D eigenvalue weighted by atomic mass is 10.0. The highest BCUT2D eigenvalue weighted by molar-refractivity contribution is 5.70. The highest BCUT2D eigenvalue weighted by atomic mass is 16.6. The molecule has 0 unspecified atom stereocenters. The minimum Gasteiger partial charge on any atom is -0.464 e. The van der Waals surface area contributed by atoms with Crippen LogP contribution >= 0.6 is 0 Å². The van der Waals surface area contributed by atoms with Gasteiger partial charge in [-0.1, -0.05) is 24.3 Å². The van der Waals surface area contributed by atoms with E-state index in [0.29, 0.717) is 19.8 Å². The first-order chi connectivity index (χ1) is 9.15. The molecule has 1 rings (SSSR count). The van der Waals surface area contributed by atoms with Gasteiger partial charge in [0.05, 0.1) is 13.2 Å². The van der Waals surface area contributed by atoms with E-state index >= 15 is 0 Å². The number of aryl methyl sites for hydroxylation is 1. The lowest BCUT2D eigenvalue weighted by molar-refractivity contribution is -0.148. The van der Waals surface area contributed by atoms with Crippen molar-refractivity contribution in [3.05, 3.63) is 35.4 Å². The standard InChI is InChI=1S/C15H23NO3/c1-4-19-15(17)11-18-10-9-16-13(3)14-8-6-5-7-12(14)2/h5-8,13,16H,4,9-11H2,1-3H3/t13-/m0/s1. The summed E-state index contributed by atoms with van der Waals surface area (Å²) in [6.45, 7) is 7.62. The van der Waals surface area contributed by atoms with Crippen LogP contribution in [0.3, 0.4) is 0 Å². The molecule has 0 aliphatic rings. The Morgan fingerprint density at radius 1 is 1.37 bits per heavy atom. The predicted molar refractivity (Wildman–Crippen MR) is 75.0 cm³/mol. The Morgan fingerprint density at radius 3 is 2.79 bits per heavy atom. The minimum atomic E-state index is -0.311. The van der Waals surface area contributed by atoms with Crippen molar-refractivity contribution in [2.24, 2.45) is 0 Å². The van der Waals surface area contributed by atoms with E-state index in [1.165, 1.54) is 11.1 Å². The maximum atomic E-state index is 11.0. The molecule has 4 heteroatoms. The second-order valence-corrected chi connectivity index (χ2v) is 4.39. The third-order valence-electron chi connectivity index (χ3n) is 2.88. The van der Waals surface area contributed by atoms with Crippen LogP contribution in [0.15, 0.2) is 24.3 Å². The average Bonchev–Trinajstić information content (AvgIpc) is 2.39. The van der Waals surface area contributed by atoms with Crippen molar-refractivity contribution in [1.82, 2.24) is 5.32 Å². The molecule has 1 N–H and O–H groups in total. The topological polar surface area (TPSA) is 47.6 Å². The van der Waals surface area contributed by atoms with Crippen LogP contribution in [-0.2, 0) is 14.3 Å². The Labute approximate surface area is 115 Å². The van der Waals surface area contributed by atoms with Crippen LogP contribution < -0.4 is 5.32 Å². The lowest BCUT2D eigenvalue weighted by Crippen LogP contribution is -2.25. The van der Waals surface area contributed by atoms with Crippen LogP contribution in [0.25, 0.3) is 0 Å². The van der Waals surface area contributed by atoms with Gasteiger partial charge in [0.25, 0.3) is 0 Å². The number of carbonyl (C=O) groups excluding carboxylic acids is 1. The number of ether oxygens (including phenoxy) is 2. The molecule has 0 fully saturated rings. The van der Waals surface area contributed by atoms with Crippen molar-refractivity contribution >= 4 is 5.97 Å². The van der Waals surface area contributed by atoms with Gasteiger partial charge in [-0.25, -0.2) is 4.79 Å². The highest BCUT2D eigenvalue weighted by Crippen LogP contribution is 2.15. The summed E-state index contributed by atoms with van der Waals surface area (Å²) in [6, 6.07) is 8.57. The van der Waals surface area contributed by atoms with E-state index in [2.05, 4.69) is 31.3 Å². The molecule has 1 aromatic rings. The molecule has 4 nitrogen and oxygen atoms in total. The molecule has 0 aliphatic heterocycles. The van der Waals surface area contributed by atoms with Crippen molar-refractivity contribution in [3.8, 4) is 0 Å². The summed E-state index contributed by atoms with van der Waals surface area (Å²) >= 11 is 0. The molecular formula is C15H23NO3. The summed E-state index contributed by atoms with van der Waals surface area (Å²) in [5, 5.41) is 3.37. The normalized spacial score (nSPS) is 12.2. The van der Waals surface area contributed by atoms with E-state index in [1.54, 1.807) is 6.92 Å². The van der Waals surface area contributed by atoms with Crippen molar-refractivity contribution in [2.45, 2.75) is 26.8 Å². The van der Waals surface area contributed by atoms with E-state index in [4.69, 9.17) is 9.47 Å². The summed E-state index contributed by atoms with van der Waals surface area (Å²) in [7, 11) is 0. The van der Waals surface area contributed by atoms with Gasteiger partial charge >= 0.3 is 5.97 Å². The third kappa shape index (κ3) is 5.85. The molecule has 0 bridgehead atoms. The SMILES string of the molecule is CCOC(=O)COCCN[C@@H](C)c1ccccc1C. The molecule has 0 saturated heterocycles. The number of nitrogens with one attached hydrogen (secondary N) is 1. The smallest absolute Gasteiger partial charge is 0.332 e. The van der Waals surface area contributed by atoms with Gasteiger partial charge in [0.1, 0.15) is 6.61 Å². The molecule has 0 aromatic heterocycles. The highest BCUT2D eigenvalue weighted by Gasteiger charge is 2.07. The molecular weight excluding hydrogens is 242 g/mol. The van der Waals surface area contributed by atoms with Gasteiger partial charge in [-0.15, -0.1) is 0 Å². The maximum absolute atomic E-state index is 11.0. The molecule has 1 atom stereocenters. The summed E-state index contributed by atoms with van der Waals surface area (Å²) in [6.07, 6.45) is 0. The van der Waals surface area contributed by atoms with Crippen molar-refractivity contribution < 1.29 is 14.3 Å². The van der Waals surface area contributed by atoms with Gasteiger partial charge in [-0.05, 0) is 31.9 Å². The Kier molecular flexibility index (Phi) is 7.15. The molecule has 0 amide bonds. The number of carbonyl (C=O) groups is 1. The van der Waals surface area contributed by atoms with Gasteiger partial charge in [-0.3, -0.25) is 0 Å². The molecule has 1 aromatic carbocycles. The Bertz CT molecular complexity index is 393. The molecule has 106 valence electrons. The predicted octanol–water partition coefficient (Wildman–Crippen LogP) is 2.23. The zero-order valence-electron chi connectivity index (χ0n) is 11.9. The molecule has 0 spiro atoms. The fourth-order valence-electron chi connectivity index (χ4n) is 1.89. The first-order valence-corrected chi connectivity index (χ1v) is 6.67. The molecule has 0 saturated carbocycles. The van der Waals surface area contributed by atoms with Crippen LogP contribution in [0.5, 0.6) is 0 Å². The van der Waals surface area contributed by atoms with E-state index in [1.807, 2.05) is 12.1 Å². The molecule has 0 aliphatic carbocycles. The van der Waals surface area contributed by atoms with Crippen LogP contribution in [0.4, 0.5) is 0 Å². The van der Waals surface area contributed by atoms with E-state index in [9.17, 15) is 4.79 Å². The minimum absolute atomic E-state index is 0.0221. The average molecular weight is 265 g/mol. The first kappa shape index (κ1) is 15.7. The monoisotopic (exact) mass is 265 g/mol. The Balaban J connectivity index is 2.19. The summed E-state index contributed by atoms with van der Waals surface area (Å²) < 4.78 is 10.00. The second kappa shape index (κ2) is 8.67. The third-order valence-corrected chi connectivity index (χ3v) is 2.88. The van der Waals surface area contributed by atoms with Crippen LogP contribution in [0.2, 0.25) is 0 Å². The number of hydrogen-bond acceptors (Lipinski definition) is 4. The van der Waals surface area contributed by atoms with Crippen LogP contribution in [0.1, 0.15) is 31.0 Å². The molecule has 19 heavy (non-hydrogen) atoms. The maximum Gasteiger partial charge on any atom is 0.332 e. The summed E-state index contributed by atoms with van der Waals surface area (Å²) in [5.41, 5.74) is 2.56. The van der Waals surface area contributed by atoms with Gasteiger partial charge in [0.2, 0.25) is 0 Å².